The fraction of sp³-hybridized carbons (Fsp3) is 0.625. The second-order valence-electron chi connectivity index (χ2n) is 5.82. The van der Waals surface area contributed by atoms with Crippen molar-refractivity contribution < 1.29 is 9.84 Å². The maximum Gasteiger partial charge on any atom is 0.0681 e. The second-order valence-corrected chi connectivity index (χ2v) is 5.82. The highest BCUT2D eigenvalue weighted by Crippen LogP contribution is 2.27. The van der Waals surface area contributed by atoms with Crippen LogP contribution in [0.2, 0.25) is 0 Å². The first-order valence-corrected chi connectivity index (χ1v) is 7.55. The molecule has 20 heavy (non-hydrogen) atoms. The Balaban J connectivity index is 1.67. The number of benzene rings is 1. The van der Waals surface area contributed by atoms with Crippen molar-refractivity contribution in [3.05, 3.63) is 29.3 Å². The summed E-state index contributed by atoms with van der Waals surface area (Å²) >= 11 is 0. The first-order chi connectivity index (χ1) is 9.78. The van der Waals surface area contributed by atoms with Gasteiger partial charge in [-0.05, 0) is 30.5 Å². The molecule has 3 rings (SSSR count). The summed E-state index contributed by atoms with van der Waals surface area (Å²) in [6.07, 6.45) is 1.24. The van der Waals surface area contributed by atoms with Gasteiger partial charge in [-0.25, -0.2) is 0 Å². The molecule has 110 valence electrons. The summed E-state index contributed by atoms with van der Waals surface area (Å²) in [6, 6.07) is 6.94. The minimum Gasteiger partial charge on any atom is -0.392 e. The van der Waals surface area contributed by atoms with Crippen molar-refractivity contribution in [3.63, 3.8) is 0 Å². The zero-order valence-electron chi connectivity index (χ0n) is 12.2. The third kappa shape index (κ3) is 2.82. The third-order valence-electron chi connectivity index (χ3n) is 4.51. The van der Waals surface area contributed by atoms with Crippen molar-refractivity contribution >= 4 is 5.69 Å². The Hall–Kier alpha value is -1.10. The Kier molecular flexibility index (Phi) is 4.24. The predicted octanol–water partition coefficient (Wildman–Crippen LogP) is 1.40. The number of aliphatic hydroxyl groups excluding tert-OH is 1. The van der Waals surface area contributed by atoms with Crippen LogP contribution in [0.5, 0.6) is 0 Å². The molecule has 0 saturated carbocycles. The SMILES string of the molecule is Cc1cc(CO)ccc1N1CCC(N2CCOCC2)C1. The molecule has 0 spiro atoms. The van der Waals surface area contributed by atoms with E-state index in [-0.39, 0.29) is 6.61 Å². The van der Waals surface area contributed by atoms with E-state index in [1.54, 1.807) is 0 Å². The Morgan fingerprint density at radius 1 is 1.25 bits per heavy atom. The molecule has 2 aliphatic rings. The van der Waals surface area contributed by atoms with Crippen molar-refractivity contribution in [2.75, 3.05) is 44.3 Å². The molecule has 2 fully saturated rings. The average Bonchev–Trinajstić information content (AvgIpc) is 2.97. The molecule has 1 N–H and O–H groups in total. The Bertz CT molecular complexity index is 458. The summed E-state index contributed by atoms with van der Waals surface area (Å²) in [5.41, 5.74) is 3.58. The molecule has 2 aliphatic heterocycles. The van der Waals surface area contributed by atoms with E-state index in [0.29, 0.717) is 6.04 Å². The van der Waals surface area contributed by atoms with Gasteiger partial charge in [0, 0.05) is 37.9 Å². The van der Waals surface area contributed by atoms with Crippen molar-refractivity contribution in [1.29, 1.82) is 0 Å². The summed E-state index contributed by atoms with van der Waals surface area (Å²) < 4.78 is 5.44. The standard InChI is InChI=1S/C16H24N2O2/c1-13-10-14(12-19)2-3-16(13)18-5-4-15(11-18)17-6-8-20-9-7-17/h2-3,10,15,19H,4-9,11-12H2,1H3. The van der Waals surface area contributed by atoms with Crippen molar-refractivity contribution in [1.82, 2.24) is 4.90 Å². The molecule has 2 heterocycles. The lowest BCUT2D eigenvalue weighted by Gasteiger charge is -2.32. The fourth-order valence-corrected chi connectivity index (χ4v) is 3.37. The summed E-state index contributed by atoms with van der Waals surface area (Å²) in [5, 5.41) is 9.20. The zero-order chi connectivity index (χ0) is 13.9. The Morgan fingerprint density at radius 3 is 2.75 bits per heavy atom. The van der Waals surface area contributed by atoms with Crippen LogP contribution in [0.3, 0.4) is 0 Å². The van der Waals surface area contributed by atoms with Crippen LogP contribution in [0.15, 0.2) is 18.2 Å². The number of rotatable bonds is 3. The smallest absolute Gasteiger partial charge is 0.0681 e. The van der Waals surface area contributed by atoms with Crippen LogP contribution in [0.1, 0.15) is 17.5 Å². The fourth-order valence-electron chi connectivity index (χ4n) is 3.37. The van der Waals surface area contributed by atoms with Gasteiger partial charge >= 0.3 is 0 Å². The maximum absolute atomic E-state index is 9.20. The molecule has 1 aromatic rings. The highest BCUT2D eigenvalue weighted by atomic mass is 16.5. The molecule has 4 nitrogen and oxygen atoms in total. The van der Waals surface area contributed by atoms with E-state index in [9.17, 15) is 5.11 Å². The lowest BCUT2D eigenvalue weighted by molar-refractivity contribution is 0.0209. The number of hydrogen-bond donors (Lipinski definition) is 1. The number of morpholine rings is 1. The van der Waals surface area contributed by atoms with Crippen LogP contribution in [-0.4, -0.2) is 55.4 Å². The van der Waals surface area contributed by atoms with Gasteiger partial charge in [-0.1, -0.05) is 12.1 Å². The summed E-state index contributed by atoms with van der Waals surface area (Å²) in [6.45, 7) is 8.39. The van der Waals surface area contributed by atoms with Gasteiger partial charge in [-0.3, -0.25) is 4.90 Å². The van der Waals surface area contributed by atoms with Gasteiger partial charge in [0.2, 0.25) is 0 Å². The third-order valence-corrected chi connectivity index (χ3v) is 4.51. The van der Waals surface area contributed by atoms with E-state index < -0.39 is 0 Å². The first-order valence-electron chi connectivity index (χ1n) is 7.55. The highest BCUT2D eigenvalue weighted by molar-refractivity contribution is 5.55. The van der Waals surface area contributed by atoms with Crippen LogP contribution >= 0.6 is 0 Å². The van der Waals surface area contributed by atoms with Crippen LogP contribution in [0.4, 0.5) is 5.69 Å². The van der Waals surface area contributed by atoms with Gasteiger partial charge in [0.1, 0.15) is 0 Å². The molecule has 0 radical (unpaired) electrons. The van der Waals surface area contributed by atoms with Crippen molar-refractivity contribution in [2.45, 2.75) is 26.0 Å². The van der Waals surface area contributed by atoms with E-state index >= 15 is 0 Å². The second kappa shape index (κ2) is 6.12. The number of hydrogen-bond acceptors (Lipinski definition) is 4. The maximum atomic E-state index is 9.20. The van der Waals surface area contributed by atoms with Gasteiger partial charge in [-0.2, -0.15) is 0 Å². The summed E-state index contributed by atoms with van der Waals surface area (Å²) in [4.78, 5) is 5.05. The zero-order valence-corrected chi connectivity index (χ0v) is 12.2. The molecule has 0 aliphatic carbocycles. The minimum absolute atomic E-state index is 0.123. The number of aliphatic hydroxyl groups is 1. The van der Waals surface area contributed by atoms with E-state index in [4.69, 9.17) is 4.74 Å². The van der Waals surface area contributed by atoms with Crippen LogP contribution in [-0.2, 0) is 11.3 Å². The van der Waals surface area contributed by atoms with Crippen LogP contribution in [0, 0.1) is 6.92 Å². The number of anilines is 1. The Labute approximate surface area is 120 Å². The predicted molar refractivity (Wildman–Crippen MR) is 80.1 cm³/mol. The number of ether oxygens (including phenoxy) is 1. The Morgan fingerprint density at radius 2 is 2.05 bits per heavy atom. The number of nitrogens with zero attached hydrogens (tertiary/aromatic N) is 2. The van der Waals surface area contributed by atoms with Gasteiger partial charge in [-0.15, -0.1) is 0 Å². The van der Waals surface area contributed by atoms with Crippen LogP contribution < -0.4 is 4.90 Å². The molecule has 1 atom stereocenters. The van der Waals surface area contributed by atoms with Crippen molar-refractivity contribution in [2.24, 2.45) is 0 Å². The quantitative estimate of drug-likeness (QED) is 0.905. The highest BCUT2D eigenvalue weighted by Gasteiger charge is 2.29. The topological polar surface area (TPSA) is 35.9 Å². The molecule has 4 heteroatoms. The van der Waals surface area contributed by atoms with Crippen molar-refractivity contribution in [3.8, 4) is 0 Å². The molecule has 0 bridgehead atoms. The monoisotopic (exact) mass is 276 g/mol. The molecule has 2 saturated heterocycles. The minimum atomic E-state index is 0.123. The van der Waals surface area contributed by atoms with E-state index in [2.05, 4.69) is 28.9 Å². The van der Waals surface area contributed by atoms with Crippen LogP contribution in [0.25, 0.3) is 0 Å². The molecule has 1 aromatic carbocycles. The molecule has 1 unspecified atom stereocenters. The molecule has 0 aromatic heterocycles. The van der Waals surface area contributed by atoms with Gasteiger partial charge < -0.3 is 14.7 Å². The lowest BCUT2D eigenvalue weighted by atomic mass is 10.1. The largest absolute Gasteiger partial charge is 0.392 e. The average molecular weight is 276 g/mol. The van der Waals surface area contributed by atoms with E-state index in [1.807, 2.05) is 6.07 Å². The lowest BCUT2D eigenvalue weighted by Crippen LogP contribution is -2.44. The normalized spacial score (nSPS) is 24.3. The number of aryl methyl sites for hydroxylation is 1. The molecular formula is C16H24N2O2. The summed E-state index contributed by atoms with van der Waals surface area (Å²) in [7, 11) is 0. The van der Waals surface area contributed by atoms with Gasteiger partial charge in [0.25, 0.3) is 0 Å². The van der Waals surface area contributed by atoms with E-state index in [0.717, 1.165) is 45.0 Å². The molecule has 0 amide bonds. The van der Waals surface area contributed by atoms with Gasteiger partial charge in [0.05, 0.1) is 19.8 Å². The summed E-state index contributed by atoms with van der Waals surface area (Å²) in [5.74, 6) is 0. The molecular weight excluding hydrogens is 252 g/mol. The first kappa shape index (κ1) is 13.9. The van der Waals surface area contributed by atoms with E-state index in [1.165, 1.54) is 17.7 Å². The van der Waals surface area contributed by atoms with Gasteiger partial charge in [0.15, 0.2) is 0 Å².